The van der Waals surface area contributed by atoms with E-state index in [-0.39, 0.29) is 6.61 Å². The molecule has 0 saturated carbocycles. The van der Waals surface area contributed by atoms with Gasteiger partial charge in [0, 0.05) is 24.4 Å². The Kier molecular flexibility index (Phi) is 5.08. The highest BCUT2D eigenvalue weighted by molar-refractivity contribution is 7.99. The number of hydrogen-bond acceptors (Lipinski definition) is 5. The zero-order valence-corrected chi connectivity index (χ0v) is 12.4. The lowest BCUT2D eigenvalue weighted by Crippen LogP contribution is -2.28. The molecule has 7 heteroatoms. The summed E-state index contributed by atoms with van der Waals surface area (Å²) < 4.78 is 27.1. The van der Waals surface area contributed by atoms with Gasteiger partial charge in [-0.3, -0.25) is 0 Å². The number of thioether (sulfide) groups is 1. The predicted octanol–water partition coefficient (Wildman–Crippen LogP) is 1.31. The fraction of sp³-hybridized carbons (Fsp3) is 0.636. The van der Waals surface area contributed by atoms with Crippen LogP contribution in [-0.4, -0.2) is 38.2 Å². The van der Waals surface area contributed by atoms with Gasteiger partial charge in [-0.1, -0.05) is 0 Å². The van der Waals surface area contributed by atoms with Crippen molar-refractivity contribution < 1.29 is 13.5 Å². The average Bonchev–Trinajstić information content (AvgIpc) is 2.98. The Morgan fingerprint density at radius 2 is 2.28 bits per heavy atom. The summed E-state index contributed by atoms with van der Waals surface area (Å²) >= 11 is 3.11. The van der Waals surface area contributed by atoms with Crippen LogP contribution in [0.2, 0.25) is 0 Å². The number of nitrogens with one attached hydrogen (secondary N) is 1. The van der Waals surface area contributed by atoms with Crippen LogP contribution in [0.1, 0.15) is 11.3 Å². The van der Waals surface area contributed by atoms with E-state index in [0.717, 1.165) is 22.8 Å². The second-order valence-electron chi connectivity index (χ2n) is 4.28. The normalized spacial score (nSPS) is 20.4. The Morgan fingerprint density at radius 1 is 1.44 bits per heavy atom. The summed E-state index contributed by atoms with van der Waals surface area (Å²) in [5.74, 6) is 2.64. The molecule has 4 nitrogen and oxygen atoms in total. The summed E-state index contributed by atoms with van der Waals surface area (Å²) in [6.45, 7) is 0.579. The molecule has 0 amide bonds. The fourth-order valence-electron chi connectivity index (χ4n) is 1.79. The van der Waals surface area contributed by atoms with Gasteiger partial charge in [-0.25, -0.2) is 13.1 Å². The van der Waals surface area contributed by atoms with Gasteiger partial charge in [0.25, 0.3) is 0 Å². The van der Waals surface area contributed by atoms with E-state index in [1.54, 1.807) is 12.1 Å². The van der Waals surface area contributed by atoms with Crippen molar-refractivity contribution in [2.45, 2.75) is 17.1 Å². The molecule has 0 bridgehead atoms. The zero-order valence-electron chi connectivity index (χ0n) is 9.96. The molecule has 1 aliphatic rings. The van der Waals surface area contributed by atoms with Crippen molar-refractivity contribution in [2.24, 2.45) is 5.92 Å². The highest BCUT2D eigenvalue weighted by Crippen LogP contribution is 2.25. The van der Waals surface area contributed by atoms with Crippen LogP contribution < -0.4 is 4.72 Å². The van der Waals surface area contributed by atoms with Gasteiger partial charge >= 0.3 is 0 Å². The average molecular weight is 307 g/mol. The molecular weight excluding hydrogens is 290 g/mol. The lowest BCUT2D eigenvalue weighted by molar-refractivity contribution is 0.300. The first-order valence-corrected chi connectivity index (χ1v) is 9.34. The molecular formula is C11H17NO3S3. The van der Waals surface area contributed by atoms with Gasteiger partial charge in [0.15, 0.2) is 0 Å². The van der Waals surface area contributed by atoms with Gasteiger partial charge in [-0.2, -0.15) is 11.8 Å². The van der Waals surface area contributed by atoms with E-state index in [4.69, 9.17) is 5.11 Å². The highest BCUT2D eigenvalue weighted by Gasteiger charge is 2.21. The monoisotopic (exact) mass is 307 g/mol. The van der Waals surface area contributed by atoms with Crippen molar-refractivity contribution in [3.8, 4) is 0 Å². The number of hydrogen-bond donors (Lipinski definition) is 2. The molecule has 1 aromatic heterocycles. The summed E-state index contributed by atoms with van der Waals surface area (Å²) in [4.78, 5) is 0.897. The molecule has 2 rings (SSSR count). The van der Waals surface area contributed by atoms with Crippen LogP contribution >= 0.6 is 23.1 Å². The lowest BCUT2D eigenvalue weighted by Gasteiger charge is -2.09. The molecule has 0 spiro atoms. The van der Waals surface area contributed by atoms with E-state index < -0.39 is 10.0 Å². The van der Waals surface area contributed by atoms with Crippen LogP contribution in [0, 0.1) is 5.92 Å². The van der Waals surface area contributed by atoms with Crippen molar-refractivity contribution in [3.63, 3.8) is 0 Å². The third-order valence-corrected chi connectivity index (χ3v) is 7.14. The molecule has 0 aromatic carbocycles. The maximum absolute atomic E-state index is 12.0. The van der Waals surface area contributed by atoms with E-state index >= 15 is 0 Å². The van der Waals surface area contributed by atoms with Gasteiger partial charge in [0.2, 0.25) is 10.0 Å². The maximum Gasteiger partial charge on any atom is 0.250 e. The standard InChI is InChI=1S/C11H17NO3S3/c13-5-3-10-1-2-11(17-10)18(14,15)12-7-9-4-6-16-8-9/h1-2,9,12-13H,3-8H2. The second-order valence-corrected chi connectivity index (χ2v) is 8.59. The van der Waals surface area contributed by atoms with E-state index in [1.165, 1.54) is 11.3 Å². The summed E-state index contributed by atoms with van der Waals surface area (Å²) in [6, 6.07) is 3.38. The van der Waals surface area contributed by atoms with Crippen LogP contribution in [-0.2, 0) is 16.4 Å². The number of aliphatic hydroxyl groups is 1. The third-order valence-electron chi connectivity index (χ3n) is 2.85. The van der Waals surface area contributed by atoms with Crippen LogP contribution in [0.15, 0.2) is 16.3 Å². The molecule has 1 saturated heterocycles. The largest absolute Gasteiger partial charge is 0.396 e. The number of thiophene rings is 1. The summed E-state index contributed by atoms with van der Waals surface area (Å²) in [6.07, 6.45) is 1.60. The molecule has 102 valence electrons. The molecule has 1 aliphatic heterocycles. The van der Waals surface area contributed by atoms with Crippen LogP contribution in [0.4, 0.5) is 0 Å². The van der Waals surface area contributed by atoms with Gasteiger partial charge in [-0.15, -0.1) is 11.3 Å². The van der Waals surface area contributed by atoms with E-state index in [0.29, 0.717) is 23.1 Å². The van der Waals surface area contributed by atoms with E-state index in [1.807, 2.05) is 11.8 Å². The number of aliphatic hydroxyl groups excluding tert-OH is 1. The Morgan fingerprint density at radius 3 is 2.94 bits per heavy atom. The minimum absolute atomic E-state index is 0.0483. The SMILES string of the molecule is O=S(=O)(NCC1CCSC1)c1ccc(CCO)s1. The highest BCUT2D eigenvalue weighted by atomic mass is 32.2. The second kappa shape index (κ2) is 6.38. The minimum Gasteiger partial charge on any atom is -0.396 e. The molecule has 18 heavy (non-hydrogen) atoms. The van der Waals surface area contributed by atoms with Gasteiger partial charge in [-0.05, 0) is 36.0 Å². The molecule has 1 unspecified atom stereocenters. The zero-order chi connectivity index (χ0) is 13.0. The summed E-state index contributed by atoms with van der Waals surface area (Å²) in [5.41, 5.74) is 0. The first kappa shape index (κ1) is 14.3. The van der Waals surface area contributed by atoms with E-state index in [9.17, 15) is 8.42 Å². The Labute approximate surface area is 116 Å². The van der Waals surface area contributed by atoms with Crippen molar-refractivity contribution in [1.82, 2.24) is 4.72 Å². The Hall–Kier alpha value is -0.0800. The van der Waals surface area contributed by atoms with Crippen LogP contribution in [0.3, 0.4) is 0 Å². The topological polar surface area (TPSA) is 66.4 Å². The Bertz CT molecular complexity index is 477. The number of rotatable bonds is 6. The molecule has 1 atom stereocenters. The van der Waals surface area contributed by atoms with Gasteiger partial charge in [0.1, 0.15) is 4.21 Å². The van der Waals surface area contributed by atoms with E-state index in [2.05, 4.69) is 4.72 Å². The molecule has 2 N–H and O–H groups in total. The smallest absolute Gasteiger partial charge is 0.250 e. The molecule has 1 fully saturated rings. The van der Waals surface area contributed by atoms with Crippen molar-refractivity contribution in [3.05, 3.63) is 17.0 Å². The predicted molar refractivity (Wildman–Crippen MR) is 75.7 cm³/mol. The molecule has 2 heterocycles. The van der Waals surface area contributed by atoms with Crippen molar-refractivity contribution in [2.75, 3.05) is 24.7 Å². The lowest BCUT2D eigenvalue weighted by atomic mass is 10.1. The van der Waals surface area contributed by atoms with Crippen LogP contribution in [0.25, 0.3) is 0 Å². The summed E-state index contributed by atoms with van der Waals surface area (Å²) in [5, 5.41) is 8.82. The molecule has 1 aromatic rings. The minimum atomic E-state index is -3.37. The molecule has 0 radical (unpaired) electrons. The summed E-state index contributed by atoms with van der Waals surface area (Å²) in [7, 11) is -3.37. The first-order valence-electron chi connectivity index (χ1n) is 5.89. The van der Waals surface area contributed by atoms with Gasteiger partial charge in [0.05, 0.1) is 0 Å². The van der Waals surface area contributed by atoms with Crippen molar-refractivity contribution >= 4 is 33.1 Å². The maximum atomic E-state index is 12.0. The first-order chi connectivity index (χ1) is 8.62. The van der Waals surface area contributed by atoms with Crippen molar-refractivity contribution in [1.29, 1.82) is 0 Å². The quantitative estimate of drug-likeness (QED) is 0.832. The van der Waals surface area contributed by atoms with Gasteiger partial charge < -0.3 is 5.11 Å². The number of sulfonamides is 1. The molecule has 0 aliphatic carbocycles. The third kappa shape index (κ3) is 3.71. The Balaban J connectivity index is 1.95. The fourth-order valence-corrected chi connectivity index (χ4v) is 5.58. The van der Waals surface area contributed by atoms with Crippen LogP contribution in [0.5, 0.6) is 0 Å².